The zero-order valence-corrected chi connectivity index (χ0v) is 12.4. The van der Waals surface area contributed by atoms with Gasteiger partial charge < -0.3 is 14.4 Å². The van der Waals surface area contributed by atoms with Gasteiger partial charge in [0.15, 0.2) is 0 Å². The summed E-state index contributed by atoms with van der Waals surface area (Å²) in [6.45, 7) is 2.10. The van der Waals surface area contributed by atoms with Crippen molar-refractivity contribution in [2.75, 3.05) is 0 Å². The predicted octanol–water partition coefficient (Wildman–Crippen LogP) is 2.31. The summed E-state index contributed by atoms with van der Waals surface area (Å²) < 4.78 is 7.07. The first kappa shape index (κ1) is 14.1. The highest BCUT2D eigenvalue weighted by molar-refractivity contribution is 5.95. The molecule has 6 nitrogen and oxygen atoms in total. The van der Waals surface area contributed by atoms with E-state index >= 15 is 0 Å². The van der Waals surface area contributed by atoms with Crippen LogP contribution in [-0.4, -0.2) is 20.6 Å². The number of benzene rings is 1. The molecule has 2 heterocycles. The molecule has 112 valence electrons. The van der Waals surface area contributed by atoms with E-state index in [0.717, 1.165) is 11.3 Å². The third-order valence-electron chi connectivity index (χ3n) is 3.43. The highest BCUT2D eigenvalue weighted by Gasteiger charge is 2.13. The van der Waals surface area contributed by atoms with Crippen LogP contribution < -0.4 is 5.32 Å². The molecule has 0 aliphatic rings. The fourth-order valence-electron chi connectivity index (χ4n) is 2.20. The maximum atomic E-state index is 12.1. The fourth-order valence-corrected chi connectivity index (χ4v) is 2.20. The Morgan fingerprint density at radius 1 is 1.27 bits per heavy atom. The van der Waals surface area contributed by atoms with Gasteiger partial charge in [0.1, 0.15) is 0 Å². The van der Waals surface area contributed by atoms with Crippen LogP contribution in [0.4, 0.5) is 0 Å². The van der Waals surface area contributed by atoms with Gasteiger partial charge in [-0.2, -0.15) is 4.98 Å². The number of hydrogen-bond acceptors (Lipinski definition) is 4. The first-order valence-electron chi connectivity index (χ1n) is 6.93. The lowest BCUT2D eigenvalue weighted by Crippen LogP contribution is -2.23. The SMILES string of the molecule is Cc1ccccc1C(=O)NCc1nc(-c2cccn2C)no1. The molecule has 1 N–H and O–H groups in total. The number of aromatic nitrogens is 3. The summed E-state index contributed by atoms with van der Waals surface area (Å²) in [6.07, 6.45) is 1.91. The zero-order chi connectivity index (χ0) is 15.5. The number of carbonyl (C=O) groups excluding carboxylic acids is 1. The molecule has 0 aliphatic heterocycles. The molecule has 0 saturated carbocycles. The summed E-state index contributed by atoms with van der Waals surface area (Å²) in [6, 6.07) is 11.2. The van der Waals surface area contributed by atoms with E-state index in [1.807, 2.05) is 55.1 Å². The Morgan fingerprint density at radius 3 is 2.82 bits per heavy atom. The molecule has 0 fully saturated rings. The van der Waals surface area contributed by atoms with Crippen molar-refractivity contribution in [2.24, 2.45) is 7.05 Å². The highest BCUT2D eigenvalue weighted by atomic mass is 16.5. The summed E-state index contributed by atoms with van der Waals surface area (Å²) >= 11 is 0. The fraction of sp³-hybridized carbons (Fsp3) is 0.188. The van der Waals surface area contributed by atoms with Crippen molar-refractivity contribution in [3.8, 4) is 11.5 Å². The highest BCUT2D eigenvalue weighted by Crippen LogP contribution is 2.15. The van der Waals surface area contributed by atoms with Crippen LogP contribution in [0.5, 0.6) is 0 Å². The summed E-state index contributed by atoms with van der Waals surface area (Å²) in [7, 11) is 1.91. The maximum absolute atomic E-state index is 12.1. The van der Waals surface area contributed by atoms with Crippen molar-refractivity contribution < 1.29 is 9.32 Å². The number of carbonyl (C=O) groups is 1. The predicted molar refractivity (Wildman–Crippen MR) is 81.1 cm³/mol. The summed E-state index contributed by atoms with van der Waals surface area (Å²) in [4.78, 5) is 16.4. The van der Waals surface area contributed by atoms with Gasteiger partial charge in [-0.3, -0.25) is 4.79 Å². The Kier molecular flexibility index (Phi) is 3.74. The van der Waals surface area contributed by atoms with Gasteiger partial charge in [0, 0.05) is 18.8 Å². The van der Waals surface area contributed by atoms with Gasteiger partial charge in [0.05, 0.1) is 12.2 Å². The molecule has 3 aromatic rings. The average molecular weight is 296 g/mol. The van der Waals surface area contributed by atoms with Crippen LogP contribution >= 0.6 is 0 Å². The van der Waals surface area contributed by atoms with Crippen molar-refractivity contribution in [3.63, 3.8) is 0 Å². The van der Waals surface area contributed by atoms with E-state index < -0.39 is 0 Å². The van der Waals surface area contributed by atoms with E-state index in [-0.39, 0.29) is 12.5 Å². The second-order valence-corrected chi connectivity index (χ2v) is 5.01. The minimum Gasteiger partial charge on any atom is -0.348 e. The largest absolute Gasteiger partial charge is 0.348 e. The van der Waals surface area contributed by atoms with E-state index in [1.54, 1.807) is 6.07 Å². The smallest absolute Gasteiger partial charge is 0.251 e. The maximum Gasteiger partial charge on any atom is 0.251 e. The molecular formula is C16H16N4O2. The number of aryl methyl sites for hydroxylation is 2. The van der Waals surface area contributed by atoms with E-state index in [2.05, 4.69) is 15.5 Å². The summed E-state index contributed by atoms with van der Waals surface area (Å²) in [5.41, 5.74) is 2.43. The van der Waals surface area contributed by atoms with Gasteiger partial charge in [-0.25, -0.2) is 0 Å². The molecule has 0 atom stereocenters. The number of hydrogen-bond donors (Lipinski definition) is 1. The quantitative estimate of drug-likeness (QED) is 0.802. The lowest BCUT2D eigenvalue weighted by molar-refractivity contribution is 0.0945. The molecule has 2 aromatic heterocycles. The van der Waals surface area contributed by atoms with Crippen LogP contribution in [0.2, 0.25) is 0 Å². The minimum absolute atomic E-state index is 0.156. The molecule has 0 saturated heterocycles. The molecule has 1 aromatic carbocycles. The summed E-state index contributed by atoms with van der Waals surface area (Å²) in [5, 5.41) is 6.72. The van der Waals surface area contributed by atoms with Gasteiger partial charge in [-0.1, -0.05) is 23.4 Å². The van der Waals surface area contributed by atoms with Gasteiger partial charge in [-0.15, -0.1) is 0 Å². The monoisotopic (exact) mass is 296 g/mol. The number of nitrogens with zero attached hydrogens (tertiary/aromatic N) is 3. The number of amides is 1. The number of rotatable bonds is 4. The molecular weight excluding hydrogens is 280 g/mol. The van der Waals surface area contributed by atoms with Crippen LogP contribution in [0, 0.1) is 6.92 Å². The van der Waals surface area contributed by atoms with E-state index in [1.165, 1.54) is 0 Å². The molecule has 22 heavy (non-hydrogen) atoms. The van der Waals surface area contributed by atoms with E-state index in [9.17, 15) is 4.79 Å². The van der Waals surface area contributed by atoms with Gasteiger partial charge >= 0.3 is 0 Å². The Bertz CT molecular complexity index is 804. The van der Waals surface area contributed by atoms with E-state index in [4.69, 9.17) is 4.52 Å². The molecule has 0 spiro atoms. The molecule has 6 heteroatoms. The van der Waals surface area contributed by atoms with Crippen molar-refractivity contribution in [1.29, 1.82) is 0 Å². The lowest BCUT2D eigenvalue weighted by atomic mass is 10.1. The minimum atomic E-state index is -0.156. The normalized spacial score (nSPS) is 10.6. The first-order chi connectivity index (χ1) is 10.6. The van der Waals surface area contributed by atoms with Crippen LogP contribution in [0.25, 0.3) is 11.5 Å². The van der Waals surface area contributed by atoms with Crippen LogP contribution in [-0.2, 0) is 13.6 Å². The Morgan fingerprint density at radius 2 is 2.09 bits per heavy atom. The standard InChI is InChI=1S/C16H16N4O2/c1-11-6-3-4-7-12(11)16(21)17-10-14-18-15(19-22-14)13-8-5-9-20(13)2/h3-9H,10H2,1-2H3,(H,17,21). The lowest BCUT2D eigenvalue weighted by Gasteiger charge is -2.04. The average Bonchev–Trinajstić information content (AvgIpc) is 3.13. The van der Waals surface area contributed by atoms with Crippen LogP contribution in [0.1, 0.15) is 21.8 Å². The summed E-state index contributed by atoms with van der Waals surface area (Å²) in [5.74, 6) is 0.725. The number of nitrogens with one attached hydrogen (secondary N) is 1. The van der Waals surface area contributed by atoms with Crippen molar-refractivity contribution in [2.45, 2.75) is 13.5 Å². The van der Waals surface area contributed by atoms with Crippen LogP contribution in [0.15, 0.2) is 47.1 Å². The molecule has 0 radical (unpaired) electrons. The molecule has 3 rings (SSSR count). The van der Waals surface area contributed by atoms with Gasteiger partial charge in [0.25, 0.3) is 5.91 Å². The van der Waals surface area contributed by atoms with Crippen molar-refractivity contribution >= 4 is 5.91 Å². The third kappa shape index (κ3) is 2.76. The topological polar surface area (TPSA) is 73.0 Å². The second kappa shape index (κ2) is 5.85. The van der Waals surface area contributed by atoms with Gasteiger partial charge in [0.2, 0.25) is 11.7 Å². The first-order valence-corrected chi connectivity index (χ1v) is 6.93. The van der Waals surface area contributed by atoms with Gasteiger partial charge in [-0.05, 0) is 30.7 Å². The van der Waals surface area contributed by atoms with Crippen molar-refractivity contribution in [1.82, 2.24) is 20.0 Å². The molecule has 1 amide bonds. The molecule has 0 aliphatic carbocycles. The molecule has 0 unspecified atom stereocenters. The Labute approximate surface area is 127 Å². The zero-order valence-electron chi connectivity index (χ0n) is 12.4. The van der Waals surface area contributed by atoms with E-state index in [0.29, 0.717) is 17.3 Å². The van der Waals surface area contributed by atoms with Crippen LogP contribution in [0.3, 0.4) is 0 Å². The van der Waals surface area contributed by atoms with Crippen molar-refractivity contribution in [3.05, 3.63) is 59.6 Å². The third-order valence-corrected chi connectivity index (χ3v) is 3.43. The Hall–Kier alpha value is -2.89. The molecule has 0 bridgehead atoms. The second-order valence-electron chi connectivity index (χ2n) is 5.01. The Balaban J connectivity index is 1.68.